The van der Waals surface area contributed by atoms with E-state index in [0.29, 0.717) is 13.0 Å². The maximum atomic E-state index is 12.5. The SMILES string of the molecule is O=C(O)C1Cc2ccccc2CN1C(=O)Cc1ccncc1. The van der Waals surface area contributed by atoms with E-state index in [1.54, 1.807) is 24.5 Å². The molecule has 1 aromatic carbocycles. The summed E-state index contributed by atoms with van der Waals surface area (Å²) in [5, 5.41) is 9.45. The summed E-state index contributed by atoms with van der Waals surface area (Å²) >= 11 is 0. The largest absolute Gasteiger partial charge is 0.480 e. The fraction of sp³-hybridized carbons (Fsp3) is 0.235. The number of carboxylic acid groups (broad SMARTS) is 1. The van der Waals surface area contributed by atoms with E-state index >= 15 is 0 Å². The molecule has 5 nitrogen and oxygen atoms in total. The van der Waals surface area contributed by atoms with Crippen LogP contribution in [-0.4, -0.2) is 32.9 Å². The number of amides is 1. The number of carboxylic acids is 1. The molecular weight excluding hydrogens is 280 g/mol. The van der Waals surface area contributed by atoms with Gasteiger partial charge in [-0.25, -0.2) is 4.79 Å². The molecule has 1 aliphatic rings. The Balaban J connectivity index is 1.84. The summed E-state index contributed by atoms with van der Waals surface area (Å²) < 4.78 is 0. The Labute approximate surface area is 128 Å². The quantitative estimate of drug-likeness (QED) is 0.935. The number of rotatable bonds is 3. The first-order valence-corrected chi connectivity index (χ1v) is 7.13. The Bertz CT molecular complexity index is 700. The van der Waals surface area contributed by atoms with E-state index in [1.165, 1.54) is 4.90 Å². The minimum Gasteiger partial charge on any atom is -0.480 e. The molecule has 1 aliphatic heterocycles. The van der Waals surface area contributed by atoms with Crippen LogP contribution in [0.4, 0.5) is 0 Å². The van der Waals surface area contributed by atoms with E-state index in [4.69, 9.17) is 0 Å². The van der Waals surface area contributed by atoms with Crippen LogP contribution >= 0.6 is 0 Å². The predicted octanol–water partition coefficient (Wildman–Crippen LogP) is 1.66. The molecule has 112 valence electrons. The standard InChI is InChI=1S/C17H16N2O3/c20-16(9-12-5-7-18-8-6-12)19-11-14-4-2-1-3-13(14)10-15(19)17(21)22/h1-8,15H,9-11H2,(H,21,22). The topological polar surface area (TPSA) is 70.5 Å². The van der Waals surface area contributed by atoms with Crippen molar-refractivity contribution in [2.24, 2.45) is 0 Å². The van der Waals surface area contributed by atoms with Crippen molar-refractivity contribution in [1.29, 1.82) is 0 Å². The first kappa shape index (κ1) is 14.3. The van der Waals surface area contributed by atoms with Crippen molar-refractivity contribution in [1.82, 2.24) is 9.88 Å². The van der Waals surface area contributed by atoms with Gasteiger partial charge in [0.05, 0.1) is 6.42 Å². The number of aromatic nitrogens is 1. The van der Waals surface area contributed by atoms with Crippen LogP contribution in [-0.2, 0) is 29.0 Å². The highest BCUT2D eigenvalue weighted by Gasteiger charge is 2.34. The third-order valence-corrected chi connectivity index (χ3v) is 3.96. The average molecular weight is 296 g/mol. The first-order chi connectivity index (χ1) is 10.6. The second kappa shape index (κ2) is 5.97. The van der Waals surface area contributed by atoms with Crippen LogP contribution in [0, 0.1) is 0 Å². The molecule has 0 aliphatic carbocycles. The van der Waals surface area contributed by atoms with Gasteiger partial charge < -0.3 is 10.0 Å². The first-order valence-electron chi connectivity index (χ1n) is 7.13. The maximum Gasteiger partial charge on any atom is 0.326 e. The molecule has 1 unspecified atom stereocenters. The molecule has 5 heteroatoms. The number of hydrogen-bond donors (Lipinski definition) is 1. The molecule has 0 fully saturated rings. The third-order valence-electron chi connectivity index (χ3n) is 3.96. The van der Waals surface area contributed by atoms with Gasteiger partial charge in [0.25, 0.3) is 0 Å². The zero-order valence-corrected chi connectivity index (χ0v) is 12.0. The minimum absolute atomic E-state index is 0.173. The van der Waals surface area contributed by atoms with Gasteiger partial charge in [0.2, 0.25) is 5.91 Å². The molecule has 0 bridgehead atoms. The molecule has 0 saturated heterocycles. The number of nitrogens with zero attached hydrogens (tertiary/aromatic N) is 2. The van der Waals surface area contributed by atoms with Crippen LogP contribution in [0.2, 0.25) is 0 Å². The zero-order chi connectivity index (χ0) is 15.5. The van der Waals surface area contributed by atoms with Gasteiger partial charge in [-0.2, -0.15) is 0 Å². The van der Waals surface area contributed by atoms with E-state index in [2.05, 4.69) is 4.98 Å². The van der Waals surface area contributed by atoms with Crippen molar-refractivity contribution < 1.29 is 14.7 Å². The van der Waals surface area contributed by atoms with Gasteiger partial charge in [-0.05, 0) is 28.8 Å². The number of hydrogen-bond acceptors (Lipinski definition) is 3. The van der Waals surface area contributed by atoms with E-state index in [-0.39, 0.29) is 12.3 Å². The van der Waals surface area contributed by atoms with Gasteiger partial charge in [0.1, 0.15) is 6.04 Å². The molecule has 1 amide bonds. The Kier molecular flexibility index (Phi) is 3.87. The monoisotopic (exact) mass is 296 g/mol. The van der Waals surface area contributed by atoms with Crippen molar-refractivity contribution in [2.45, 2.75) is 25.4 Å². The van der Waals surface area contributed by atoms with Crippen molar-refractivity contribution in [3.63, 3.8) is 0 Å². The Morgan fingerprint density at radius 2 is 1.82 bits per heavy atom. The lowest BCUT2D eigenvalue weighted by Gasteiger charge is -2.34. The number of aliphatic carboxylic acids is 1. The summed E-state index contributed by atoms with van der Waals surface area (Å²) in [6, 6.07) is 10.4. The highest BCUT2D eigenvalue weighted by Crippen LogP contribution is 2.24. The number of fused-ring (bicyclic) bond motifs is 1. The minimum atomic E-state index is -0.961. The van der Waals surface area contributed by atoms with Crippen LogP contribution in [0.25, 0.3) is 0 Å². The average Bonchev–Trinajstić information content (AvgIpc) is 2.54. The zero-order valence-electron chi connectivity index (χ0n) is 12.0. The van der Waals surface area contributed by atoms with Gasteiger partial charge in [-0.1, -0.05) is 24.3 Å². The molecule has 1 atom stereocenters. The van der Waals surface area contributed by atoms with Crippen LogP contribution in [0.15, 0.2) is 48.8 Å². The molecule has 0 spiro atoms. The Morgan fingerprint density at radius 3 is 2.50 bits per heavy atom. The van der Waals surface area contributed by atoms with Crippen LogP contribution < -0.4 is 0 Å². The molecular formula is C17H16N2O3. The maximum absolute atomic E-state index is 12.5. The number of carbonyl (C=O) groups excluding carboxylic acids is 1. The fourth-order valence-corrected chi connectivity index (χ4v) is 2.78. The van der Waals surface area contributed by atoms with Crippen LogP contribution in [0.5, 0.6) is 0 Å². The van der Waals surface area contributed by atoms with Gasteiger partial charge in [0.15, 0.2) is 0 Å². The van der Waals surface area contributed by atoms with Gasteiger partial charge in [-0.3, -0.25) is 9.78 Å². The number of pyridine rings is 1. The van der Waals surface area contributed by atoms with E-state index in [1.807, 2.05) is 24.3 Å². The van der Waals surface area contributed by atoms with Crippen molar-refractivity contribution >= 4 is 11.9 Å². The normalized spacial score (nSPS) is 16.9. The molecule has 22 heavy (non-hydrogen) atoms. The molecule has 1 N–H and O–H groups in total. The summed E-state index contributed by atoms with van der Waals surface area (Å²) in [4.78, 5) is 29.4. The Morgan fingerprint density at radius 1 is 1.14 bits per heavy atom. The van der Waals surface area contributed by atoms with Crippen molar-refractivity contribution in [2.75, 3.05) is 0 Å². The van der Waals surface area contributed by atoms with Crippen molar-refractivity contribution in [3.8, 4) is 0 Å². The highest BCUT2D eigenvalue weighted by atomic mass is 16.4. The summed E-state index contributed by atoms with van der Waals surface area (Å²) in [6.07, 6.45) is 3.80. The van der Waals surface area contributed by atoms with Crippen molar-refractivity contribution in [3.05, 3.63) is 65.5 Å². The van der Waals surface area contributed by atoms with E-state index in [9.17, 15) is 14.7 Å². The molecule has 1 aromatic heterocycles. The second-order valence-electron chi connectivity index (χ2n) is 5.38. The lowest BCUT2D eigenvalue weighted by atomic mass is 9.93. The van der Waals surface area contributed by atoms with Gasteiger partial charge in [0, 0.05) is 25.4 Å². The predicted molar refractivity (Wildman–Crippen MR) is 80.1 cm³/mol. The summed E-state index contributed by atoms with van der Waals surface area (Å²) in [5.74, 6) is -1.13. The molecule has 2 aromatic rings. The lowest BCUT2D eigenvalue weighted by molar-refractivity contribution is -0.151. The van der Waals surface area contributed by atoms with Crippen LogP contribution in [0.1, 0.15) is 16.7 Å². The summed E-state index contributed by atoms with van der Waals surface area (Å²) in [6.45, 7) is 0.344. The fourth-order valence-electron chi connectivity index (χ4n) is 2.78. The third kappa shape index (κ3) is 2.83. The Hall–Kier alpha value is -2.69. The molecule has 2 heterocycles. The smallest absolute Gasteiger partial charge is 0.326 e. The van der Waals surface area contributed by atoms with Crippen LogP contribution in [0.3, 0.4) is 0 Å². The molecule has 0 radical (unpaired) electrons. The second-order valence-corrected chi connectivity index (χ2v) is 5.38. The van der Waals surface area contributed by atoms with E-state index in [0.717, 1.165) is 16.7 Å². The van der Waals surface area contributed by atoms with Gasteiger partial charge in [-0.15, -0.1) is 0 Å². The lowest BCUT2D eigenvalue weighted by Crippen LogP contribution is -2.49. The van der Waals surface area contributed by atoms with E-state index < -0.39 is 12.0 Å². The highest BCUT2D eigenvalue weighted by molar-refractivity contribution is 5.85. The molecule has 0 saturated carbocycles. The van der Waals surface area contributed by atoms with Gasteiger partial charge >= 0.3 is 5.97 Å². The number of benzene rings is 1. The summed E-state index contributed by atoms with van der Waals surface area (Å²) in [5.41, 5.74) is 2.86. The number of carbonyl (C=O) groups is 2. The molecule has 3 rings (SSSR count). The summed E-state index contributed by atoms with van der Waals surface area (Å²) in [7, 11) is 0.